The normalized spacial score (nSPS) is 10.9. The summed E-state index contributed by atoms with van der Waals surface area (Å²) in [7, 11) is 0. The molecule has 2 rings (SSSR count). The summed E-state index contributed by atoms with van der Waals surface area (Å²) in [5, 5.41) is 11.7. The molecule has 2 aromatic rings. The Hall–Kier alpha value is -1.88. The van der Waals surface area contributed by atoms with Crippen LogP contribution in [0.25, 0.3) is 11.0 Å². The van der Waals surface area contributed by atoms with Gasteiger partial charge in [0, 0.05) is 13.0 Å². The average Bonchev–Trinajstić information content (AvgIpc) is 2.67. The molecule has 0 aliphatic carbocycles. The maximum Gasteiger partial charge on any atom is 0.303 e. The third-order valence-corrected chi connectivity index (χ3v) is 2.74. The van der Waals surface area contributed by atoms with Crippen LogP contribution in [0, 0.1) is 6.92 Å². The number of carboxylic acid groups (broad SMARTS) is 1. The molecule has 0 unspecified atom stereocenters. The summed E-state index contributed by atoms with van der Waals surface area (Å²) in [4.78, 5) is 17.9. The molecule has 0 saturated carbocycles. The van der Waals surface area contributed by atoms with E-state index >= 15 is 0 Å². The molecule has 0 aliphatic rings. The fourth-order valence-corrected chi connectivity index (χ4v) is 1.89. The molecular formula is C13H17N3O2. The minimum Gasteiger partial charge on any atom is -0.481 e. The SMILES string of the molecule is Cc1nc2ccc(CNCCCC(=O)O)cc2[nH]1. The number of aromatic amines is 1. The third kappa shape index (κ3) is 3.30. The van der Waals surface area contributed by atoms with Crippen LogP contribution in [0.1, 0.15) is 24.2 Å². The van der Waals surface area contributed by atoms with Crippen molar-refractivity contribution in [2.75, 3.05) is 6.54 Å². The van der Waals surface area contributed by atoms with Gasteiger partial charge in [0.05, 0.1) is 11.0 Å². The molecule has 0 aliphatic heterocycles. The molecule has 0 atom stereocenters. The summed E-state index contributed by atoms with van der Waals surface area (Å²) in [5.74, 6) is 0.169. The van der Waals surface area contributed by atoms with Crippen LogP contribution in [0.4, 0.5) is 0 Å². The van der Waals surface area contributed by atoms with Crippen LogP contribution in [0.15, 0.2) is 18.2 Å². The van der Waals surface area contributed by atoms with Gasteiger partial charge in [0.25, 0.3) is 0 Å². The van der Waals surface area contributed by atoms with Crippen LogP contribution in [-0.4, -0.2) is 27.6 Å². The van der Waals surface area contributed by atoms with Crippen molar-refractivity contribution in [1.29, 1.82) is 0 Å². The number of carbonyl (C=O) groups is 1. The number of rotatable bonds is 6. The van der Waals surface area contributed by atoms with Crippen molar-refractivity contribution in [1.82, 2.24) is 15.3 Å². The van der Waals surface area contributed by atoms with E-state index in [0.717, 1.165) is 23.4 Å². The molecule has 0 saturated heterocycles. The van der Waals surface area contributed by atoms with E-state index < -0.39 is 5.97 Å². The Labute approximate surface area is 105 Å². The van der Waals surface area contributed by atoms with Crippen LogP contribution >= 0.6 is 0 Å². The van der Waals surface area contributed by atoms with E-state index in [-0.39, 0.29) is 6.42 Å². The molecule has 96 valence electrons. The second kappa shape index (κ2) is 5.64. The second-order valence-electron chi connectivity index (χ2n) is 4.35. The van der Waals surface area contributed by atoms with Crippen LogP contribution in [0.2, 0.25) is 0 Å². The van der Waals surface area contributed by atoms with Crippen molar-refractivity contribution in [3.05, 3.63) is 29.6 Å². The highest BCUT2D eigenvalue weighted by Gasteiger charge is 2.01. The Morgan fingerprint density at radius 2 is 2.33 bits per heavy atom. The lowest BCUT2D eigenvalue weighted by Gasteiger charge is -2.03. The van der Waals surface area contributed by atoms with E-state index in [9.17, 15) is 4.79 Å². The lowest BCUT2D eigenvalue weighted by Crippen LogP contribution is -2.15. The van der Waals surface area contributed by atoms with Gasteiger partial charge in [0.1, 0.15) is 5.82 Å². The topological polar surface area (TPSA) is 78.0 Å². The summed E-state index contributed by atoms with van der Waals surface area (Å²) in [6.45, 7) is 3.39. The van der Waals surface area contributed by atoms with E-state index in [2.05, 4.69) is 21.4 Å². The highest BCUT2D eigenvalue weighted by atomic mass is 16.4. The maximum absolute atomic E-state index is 10.3. The van der Waals surface area contributed by atoms with Crippen LogP contribution in [0.3, 0.4) is 0 Å². The van der Waals surface area contributed by atoms with Crippen molar-refractivity contribution in [2.24, 2.45) is 0 Å². The van der Waals surface area contributed by atoms with Gasteiger partial charge < -0.3 is 15.4 Å². The molecule has 0 radical (unpaired) electrons. The first-order valence-electron chi connectivity index (χ1n) is 6.03. The lowest BCUT2D eigenvalue weighted by molar-refractivity contribution is -0.137. The number of benzene rings is 1. The molecule has 0 fully saturated rings. The second-order valence-corrected chi connectivity index (χ2v) is 4.35. The number of nitrogens with zero attached hydrogens (tertiary/aromatic N) is 1. The number of aromatic nitrogens is 2. The molecule has 0 amide bonds. The van der Waals surface area contributed by atoms with Gasteiger partial charge in [-0.15, -0.1) is 0 Å². The Morgan fingerprint density at radius 1 is 1.50 bits per heavy atom. The van der Waals surface area contributed by atoms with E-state index in [1.165, 1.54) is 5.56 Å². The fourth-order valence-electron chi connectivity index (χ4n) is 1.89. The number of hydrogen-bond acceptors (Lipinski definition) is 3. The van der Waals surface area contributed by atoms with E-state index in [1.807, 2.05) is 19.1 Å². The predicted molar refractivity (Wildman–Crippen MR) is 69.4 cm³/mol. The van der Waals surface area contributed by atoms with Gasteiger partial charge in [-0.25, -0.2) is 4.98 Å². The highest BCUT2D eigenvalue weighted by molar-refractivity contribution is 5.75. The third-order valence-electron chi connectivity index (χ3n) is 2.74. The summed E-state index contributed by atoms with van der Waals surface area (Å²) in [5.41, 5.74) is 3.18. The number of aliphatic carboxylic acids is 1. The first kappa shape index (κ1) is 12.6. The minimum absolute atomic E-state index is 0.214. The molecular weight excluding hydrogens is 230 g/mol. The number of H-pyrrole nitrogens is 1. The number of aryl methyl sites for hydroxylation is 1. The molecule has 5 nitrogen and oxygen atoms in total. The van der Waals surface area contributed by atoms with Crippen LogP contribution in [0.5, 0.6) is 0 Å². The van der Waals surface area contributed by atoms with E-state index in [1.54, 1.807) is 0 Å². The van der Waals surface area contributed by atoms with E-state index in [0.29, 0.717) is 13.0 Å². The molecule has 18 heavy (non-hydrogen) atoms. The zero-order valence-corrected chi connectivity index (χ0v) is 10.4. The van der Waals surface area contributed by atoms with Gasteiger partial charge in [0.2, 0.25) is 0 Å². The number of hydrogen-bond donors (Lipinski definition) is 3. The van der Waals surface area contributed by atoms with Gasteiger partial charge in [-0.2, -0.15) is 0 Å². The highest BCUT2D eigenvalue weighted by Crippen LogP contribution is 2.13. The van der Waals surface area contributed by atoms with Crippen molar-refractivity contribution in [3.63, 3.8) is 0 Å². The first-order valence-corrected chi connectivity index (χ1v) is 6.03. The van der Waals surface area contributed by atoms with E-state index in [4.69, 9.17) is 5.11 Å². The molecule has 3 N–H and O–H groups in total. The van der Waals surface area contributed by atoms with Crippen molar-refractivity contribution >= 4 is 17.0 Å². The van der Waals surface area contributed by atoms with Crippen LogP contribution < -0.4 is 5.32 Å². The van der Waals surface area contributed by atoms with Crippen molar-refractivity contribution < 1.29 is 9.90 Å². The van der Waals surface area contributed by atoms with Gasteiger partial charge in [-0.3, -0.25) is 4.79 Å². The zero-order valence-electron chi connectivity index (χ0n) is 10.4. The largest absolute Gasteiger partial charge is 0.481 e. The smallest absolute Gasteiger partial charge is 0.303 e. The fraction of sp³-hybridized carbons (Fsp3) is 0.385. The maximum atomic E-state index is 10.3. The molecule has 1 heterocycles. The molecule has 5 heteroatoms. The number of nitrogens with one attached hydrogen (secondary N) is 2. The van der Waals surface area contributed by atoms with Crippen LogP contribution in [-0.2, 0) is 11.3 Å². The molecule has 0 spiro atoms. The molecule has 0 bridgehead atoms. The van der Waals surface area contributed by atoms with Gasteiger partial charge in [-0.05, 0) is 37.6 Å². The Kier molecular flexibility index (Phi) is 3.94. The molecule has 1 aromatic carbocycles. The summed E-state index contributed by atoms with van der Waals surface area (Å²) >= 11 is 0. The zero-order chi connectivity index (χ0) is 13.0. The predicted octanol–water partition coefficient (Wildman–Crippen LogP) is 1.83. The van der Waals surface area contributed by atoms with Crippen molar-refractivity contribution in [3.8, 4) is 0 Å². The number of carboxylic acids is 1. The number of imidazole rings is 1. The first-order chi connectivity index (χ1) is 8.65. The van der Waals surface area contributed by atoms with Crippen molar-refractivity contribution in [2.45, 2.75) is 26.3 Å². The Bertz CT molecular complexity index is 548. The average molecular weight is 247 g/mol. The minimum atomic E-state index is -0.744. The summed E-state index contributed by atoms with van der Waals surface area (Å²) in [6.07, 6.45) is 0.868. The Morgan fingerprint density at radius 3 is 3.11 bits per heavy atom. The monoisotopic (exact) mass is 247 g/mol. The van der Waals surface area contributed by atoms with Gasteiger partial charge in [0.15, 0.2) is 0 Å². The summed E-state index contributed by atoms with van der Waals surface area (Å²) < 4.78 is 0. The van der Waals surface area contributed by atoms with Gasteiger partial charge >= 0.3 is 5.97 Å². The molecule has 1 aromatic heterocycles. The van der Waals surface area contributed by atoms with Gasteiger partial charge in [-0.1, -0.05) is 6.07 Å². The Balaban J connectivity index is 1.86. The quantitative estimate of drug-likeness (QED) is 0.680. The number of fused-ring (bicyclic) bond motifs is 1. The lowest BCUT2D eigenvalue weighted by atomic mass is 10.2. The standard InChI is InChI=1S/C13H17N3O2/c1-9-15-11-5-4-10(7-12(11)16-9)8-14-6-2-3-13(17)18/h4-5,7,14H,2-3,6,8H2,1H3,(H,15,16)(H,17,18). The summed E-state index contributed by atoms with van der Waals surface area (Å²) in [6, 6.07) is 6.10.